The number of carboxylic acids is 1. The Hall–Kier alpha value is -1.56. The number of aliphatic carboxylic acids is 1. The maximum Gasteiger partial charge on any atom is 0.331 e. The highest BCUT2D eigenvalue weighted by Crippen LogP contribution is 2.33. The zero-order valence-electron chi connectivity index (χ0n) is 11.2. The predicted octanol–water partition coefficient (Wildman–Crippen LogP) is 2.38. The average Bonchev–Trinajstić information content (AvgIpc) is 3.06. The molecule has 20 heavy (non-hydrogen) atoms. The van der Waals surface area contributed by atoms with Crippen molar-refractivity contribution in [2.45, 2.75) is 44.2 Å². The number of fused-ring (bicyclic) bond motifs is 1. The number of carboxylic acid groups (broad SMARTS) is 1. The minimum atomic E-state index is -0.953. The van der Waals surface area contributed by atoms with E-state index in [2.05, 4.69) is 5.32 Å². The summed E-state index contributed by atoms with van der Waals surface area (Å²) in [5.74, 6) is -0.953. The van der Waals surface area contributed by atoms with Crippen LogP contribution in [0.15, 0.2) is 11.4 Å². The molecule has 1 saturated carbocycles. The van der Waals surface area contributed by atoms with Crippen LogP contribution < -0.4 is 5.32 Å². The molecule has 6 heteroatoms. The molecule has 0 radical (unpaired) electrons. The molecule has 1 atom stereocenters. The average molecular weight is 294 g/mol. The molecule has 3 rings (SSSR count). The first-order chi connectivity index (χ1) is 9.66. The number of hydrogen-bond donors (Lipinski definition) is 2. The van der Waals surface area contributed by atoms with E-state index in [4.69, 9.17) is 0 Å². The number of carbonyl (C=O) groups is 2. The van der Waals surface area contributed by atoms with E-state index in [0.29, 0.717) is 6.54 Å². The van der Waals surface area contributed by atoms with Crippen LogP contribution in [0.3, 0.4) is 0 Å². The second-order valence-electron chi connectivity index (χ2n) is 5.41. The topological polar surface area (TPSA) is 69.6 Å². The summed E-state index contributed by atoms with van der Waals surface area (Å²) >= 11 is 1.57. The zero-order valence-corrected chi connectivity index (χ0v) is 12.0. The molecule has 0 aromatic carbocycles. The SMILES string of the molecule is O=C(O)C1c2ccsc2CCN1C(=O)NC1CCCC1. The van der Waals surface area contributed by atoms with Crippen molar-refractivity contribution in [3.05, 3.63) is 21.9 Å². The van der Waals surface area contributed by atoms with E-state index in [1.807, 2.05) is 11.4 Å². The molecule has 1 aromatic heterocycles. The molecule has 2 N–H and O–H groups in total. The molecule has 2 heterocycles. The van der Waals surface area contributed by atoms with Crippen LogP contribution in [0.5, 0.6) is 0 Å². The number of urea groups is 1. The molecule has 1 aliphatic carbocycles. The third-order valence-corrected chi connectivity index (χ3v) is 5.14. The van der Waals surface area contributed by atoms with Gasteiger partial charge in [-0.2, -0.15) is 0 Å². The van der Waals surface area contributed by atoms with Gasteiger partial charge in [-0.15, -0.1) is 11.3 Å². The van der Waals surface area contributed by atoms with Gasteiger partial charge >= 0.3 is 12.0 Å². The normalized spacial score (nSPS) is 22.6. The summed E-state index contributed by atoms with van der Waals surface area (Å²) in [7, 11) is 0. The zero-order chi connectivity index (χ0) is 14.1. The van der Waals surface area contributed by atoms with Gasteiger partial charge in [0.2, 0.25) is 0 Å². The third kappa shape index (κ3) is 2.40. The van der Waals surface area contributed by atoms with Crippen molar-refractivity contribution in [3.8, 4) is 0 Å². The lowest BCUT2D eigenvalue weighted by Crippen LogP contribution is -2.50. The van der Waals surface area contributed by atoms with Crippen LogP contribution in [0, 0.1) is 0 Å². The van der Waals surface area contributed by atoms with Crippen LogP contribution in [0.4, 0.5) is 4.79 Å². The molecular weight excluding hydrogens is 276 g/mol. The standard InChI is InChI=1S/C14H18N2O3S/c17-13(18)12-10-6-8-20-11(10)5-7-16(12)14(19)15-9-3-1-2-4-9/h6,8-9,12H,1-5,7H2,(H,15,19)(H,17,18). The Morgan fingerprint density at radius 3 is 2.80 bits per heavy atom. The molecule has 5 nitrogen and oxygen atoms in total. The molecule has 108 valence electrons. The fourth-order valence-electron chi connectivity index (χ4n) is 3.13. The van der Waals surface area contributed by atoms with Gasteiger partial charge in [0.25, 0.3) is 0 Å². The van der Waals surface area contributed by atoms with Crippen molar-refractivity contribution < 1.29 is 14.7 Å². The molecular formula is C14H18N2O3S. The number of amides is 2. The molecule has 2 aliphatic rings. The summed E-state index contributed by atoms with van der Waals surface area (Å²) in [6, 6.07) is 0.960. The Morgan fingerprint density at radius 2 is 2.10 bits per heavy atom. The quantitative estimate of drug-likeness (QED) is 0.880. The third-order valence-electron chi connectivity index (χ3n) is 4.14. The Labute approximate surface area is 121 Å². The number of hydrogen-bond acceptors (Lipinski definition) is 3. The number of nitrogens with one attached hydrogen (secondary N) is 1. The smallest absolute Gasteiger partial charge is 0.331 e. The summed E-state index contributed by atoms with van der Waals surface area (Å²) in [6.07, 6.45) is 5.03. The summed E-state index contributed by atoms with van der Waals surface area (Å²) in [5, 5.41) is 14.4. The van der Waals surface area contributed by atoms with Crippen LogP contribution in [0.1, 0.15) is 42.2 Å². The molecule has 2 amide bonds. The lowest BCUT2D eigenvalue weighted by atomic mass is 10.0. The second kappa shape index (κ2) is 5.44. The molecule has 0 spiro atoms. The molecule has 1 unspecified atom stereocenters. The highest BCUT2D eigenvalue weighted by Gasteiger charge is 2.37. The lowest BCUT2D eigenvalue weighted by Gasteiger charge is -2.34. The lowest BCUT2D eigenvalue weighted by molar-refractivity contribution is -0.142. The molecule has 1 fully saturated rings. The first-order valence-corrected chi connectivity index (χ1v) is 7.91. The van der Waals surface area contributed by atoms with Crippen molar-refractivity contribution in [2.24, 2.45) is 0 Å². The number of thiophene rings is 1. The monoisotopic (exact) mass is 294 g/mol. The van der Waals surface area contributed by atoms with Crippen molar-refractivity contribution >= 4 is 23.3 Å². The molecule has 1 aromatic rings. The van der Waals surface area contributed by atoms with Gasteiger partial charge in [0.05, 0.1) is 0 Å². The van der Waals surface area contributed by atoms with E-state index in [1.54, 1.807) is 11.3 Å². The largest absolute Gasteiger partial charge is 0.479 e. The van der Waals surface area contributed by atoms with Crippen LogP contribution in [0.2, 0.25) is 0 Å². The maximum atomic E-state index is 12.4. The number of carbonyl (C=O) groups excluding carboxylic acids is 1. The summed E-state index contributed by atoms with van der Waals surface area (Å²) < 4.78 is 0. The van der Waals surface area contributed by atoms with E-state index < -0.39 is 12.0 Å². The summed E-state index contributed by atoms with van der Waals surface area (Å²) in [6.45, 7) is 0.475. The van der Waals surface area contributed by atoms with Crippen molar-refractivity contribution in [1.82, 2.24) is 10.2 Å². The summed E-state index contributed by atoms with van der Waals surface area (Å²) in [4.78, 5) is 26.5. The second-order valence-corrected chi connectivity index (χ2v) is 6.41. The van der Waals surface area contributed by atoms with Gasteiger partial charge in [0, 0.05) is 17.5 Å². The van der Waals surface area contributed by atoms with Gasteiger partial charge in [0.1, 0.15) is 0 Å². The van der Waals surface area contributed by atoms with Crippen LogP contribution in [-0.4, -0.2) is 34.6 Å². The van der Waals surface area contributed by atoms with E-state index in [1.165, 1.54) is 4.90 Å². The summed E-state index contributed by atoms with van der Waals surface area (Å²) in [5.41, 5.74) is 0.773. The number of nitrogens with zero attached hydrogens (tertiary/aromatic N) is 1. The molecule has 0 bridgehead atoms. The van der Waals surface area contributed by atoms with E-state index in [9.17, 15) is 14.7 Å². The van der Waals surface area contributed by atoms with E-state index in [-0.39, 0.29) is 12.1 Å². The van der Waals surface area contributed by atoms with Crippen molar-refractivity contribution in [2.75, 3.05) is 6.54 Å². The van der Waals surface area contributed by atoms with Gasteiger partial charge in [-0.25, -0.2) is 9.59 Å². The Kier molecular flexibility index (Phi) is 3.65. The van der Waals surface area contributed by atoms with E-state index in [0.717, 1.165) is 42.5 Å². The first-order valence-electron chi connectivity index (χ1n) is 7.03. The molecule has 1 aliphatic heterocycles. The molecule has 0 saturated heterocycles. The predicted molar refractivity (Wildman–Crippen MR) is 75.9 cm³/mol. The fourth-order valence-corrected chi connectivity index (χ4v) is 4.03. The van der Waals surface area contributed by atoms with Crippen molar-refractivity contribution in [1.29, 1.82) is 0 Å². The Balaban J connectivity index is 1.78. The maximum absolute atomic E-state index is 12.4. The minimum Gasteiger partial charge on any atom is -0.479 e. The van der Waals surface area contributed by atoms with Gasteiger partial charge in [-0.1, -0.05) is 12.8 Å². The van der Waals surface area contributed by atoms with Crippen LogP contribution >= 0.6 is 11.3 Å². The van der Waals surface area contributed by atoms with Gasteiger partial charge < -0.3 is 15.3 Å². The van der Waals surface area contributed by atoms with Crippen LogP contribution in [-0.2, 0) is 11.2 Å². The van der Waals surface area contributed by atoms with E-state index >= 15 is 0 Å². The highest BCUT2D eigenvalue weighted by molar-refractivity contribution is 7.10. The van der Waals surface area contributed by atoms with Gasteiger partial charge in [-0.05, 0) is 36.3 Å². The highest BCUT2D eigenvalue weighted by atomic mass is 32.1. The Morgan fingerprint density at radius 1 is 1.35 bits per heavy atom. The van der Waals surface area contributed by atoms with Crippen LogP contribution in [0.25, 0.3) is 0 Å². The van der Waals surface area contributed by atoms with Gasteiger partial charge in [-0.3, -0.25) is 0 Å². The first kappa shape index (κ1) is 13.4. The van der Waals surface area contributed by atoms with Crippen molar-refractivity contribution in [3.63, 3.8) is 0 Å². The Bertz CT molecular complexity index is 522. The minimum absolute atomic E-state index is 0.209. The number of rotatable bonds is 2. The fraction of sp³-hybridized carbons (Fsp3) is 0.571. The van der Waals surface area contributed by atoms with Gasteiger partial charge in [0.15, 0.2) is 6.04 Å².